The third kappa shape index (κ3) is 3.02. The highest BCUT2D eigenvalue weighted by Gasteiger charge is 2.28. The Hall–Kier alpha value is -2.31. The maximum atomic E-state index is 12.1. The molecule has 5 nitrogen and oxygen atoms in total. The molecule has 0 aliphatic carbocycles. The van der Waals surface area contributed by atoms with Gasteiger partial charge in [-0.2, -0.15) is 0 Å². The highest BCUT2D eigenvalue weighted by atomic mass is 35.5. The summed E-state index contributed by atoms with van der Waals surface area (Å²) in [4.78, 5) is 12.3. The number of ether oxygens (including phenoxy) is 1. The molecule has 2 aromatic carbocycles. The Morgan fingerprint density at radius 2 is 1.79 bits per heavy atom. The van der Waals surface area contributed by atoms with Crippen molar-refractivity contribution in [3.63, 3.8) is 0 Å². The van der Waals surface area contributed by atoms with Crippen LogP contribution in [0.1, 0.15) is 11.1 Å². The number of phenols is 1. The van der Waals surface area contributed by atoms with E-state index in [1.54, 1.807) is 18.2 Å². The van der Waals surface area contributed by atoms with E-state index in [4.69, 9.17) is 16.3 Å². The summed E-state index contributed by atoms with van der Waals surface area (Å²) < 4.78 is 28.2. The summed E-state index contributed by atoms with van der Waals surface area (Å²) in [6, 6.07) is 10.5. The number of esters is 1. The topological polar surface area (TPSA) is 80.7 Å². The monoisotopic (exact) mass is 364 g/mol. The normalized spacial score (nSPS) is 14.8. The molecular formula is C17H13ClO5S. The molecule has 0 saturated heterocycles. The van der Waals surface area contributed by atoms with Crippen LogP contribution in [0.25, 0.3) is 11.1 Å². The first kappa shape index (κ1) is 16.5. The average molecular weight is 365 g/mol. The second kappa shape index (κ2) is 5.96. The predicted octanol–water partition coefficient (Wildman–Crippen LogP) is 2.92. The summed E-state index contributed by atoms with van der Waals surface area (Å²) in [5.41, 5.74) is 2.06. The van der Waals surface area contributed by atoms with Crippen molar-refractivity contribution < 1.29 is 23.1 Å². The van der Waals surface area contributed by atoms with Crippen molar-refractivity contribution in [1.82, 2.24) is 0 Å². The number of rotatable bonds is 3. The van der Waals surface area contributed by atoms with Crippen LogP contribution in [0.5, 0.6) is 5.75 Å². The first-order valence-electron chi connectivity index (χ1n) is 6.97. The Morgan fingerprint density at radius 3 is 2.38 bits per heavy atom. The van der Waals surface area contributed by atoms with Gasteiger partial charge in [-0.05, 0) is 35.9 Å². The van der Waals surface area contributed by atoms with Gasteiger partial charge in [0.25, 0.3) is 0 Å². The molecule has 0 radical (unpaired) electrons. The van der Waals surface area contributed by atoms with Crippen LogP contribution in [-0.4, -0.2) is 32.4 Å². The summed E-state index contributed by atoms with van der Waals surface area (Å²) in [5.74, 6) is -0.477. The fourth-order valence-electron chi connectivity index (χ4n) is 2.53. The number of sulfone groups is 1. The van der Waals surface area contributed by atoms with Gasteiger partial charge in [-0.15, -0.1) is 0 Å². The van der Waals surface area contributed by atoms with E-state index in [1.807, 2.05) is 0 Å². The summed E-state index contributed by atoms with van der Waals surface area (Å²) in [7, 11) is -3.31. The third-order valence-electron chi connectivity index (χ3n) is 3.70. The average Bonchev–Trinajstić information content (AvgIpc) is 2.88. The van der Waals surface area contributed by atoms with Gasteiger partial charge < -0.3 is 9.84 Å². The zero-order chi connectivity index (χ0) is 17.5. The van der Waals surface area contributed by atoms with E-state index < -0.39 is 15.8 Å². The van der Waals surface area contributed by atoms with E-state index in [0.29, 0.717) is 27.3 Å². The summed E-state index contributed by atoms with van der Waals surface area (Å²) in [6.45, 7) is 0.0620. The van der Waals surface area contributed by atoms with Gasteiger partial charge in [-0.3, -0.25) is 0 Å². The molecule has 1 heterocycles. The van der Waals surface area contributed by atoms with Crippen LogP contribution in [0.3, 0.4) is 0 Å². The van der Waals surface area contributed by atoms with E-state index in [2.05, 4.69) is 0 Å². The fourth-order valence-corrected chi connectivity index (χ4v) is 3.45. The van der Waals surface area contributed by atoms with Crippen LogP contribution in [0.4, 0.5) is 0 Å². The molecule has 0 spiro atoms. The Kier molecular flexibility index (Phi) is 4.11. The second-order valence-electron chi connectivity index (χ2n) is 5.39. The molecule has 1 aliphatic heterocycles. The largest absolute Gasteiger partial charge is 0.508 e. The molecule has 0 amide bonds. The maximum Gasteiger partial charge on any atom is 0.339 e. The van der Waals surface area contributed by atoms with E-state index in [0.717, 1.165) is 6.26 Å². The van der Waals surface area contributed by atoms with Gasteiger partial charge in [0, 0.05) is 17.4 Å². The lowest BCUT2D eigenvalue weighted by molar-refractivity contribution is -0.133. The lowest BCUT2D eigenvalue weighted by Gasteiger charge is -2.08. The quantitative estimate of drug-likeness (QED) is 0.847. The van der Waals surface area contributed by atoms with Crippen molar-refractivity contribution in [2.75, 3.05) is 12.9 Å². The van der Waals surface area contributed by atoms with Crippen LogP contribution in [0.2, 0.25) is 5.02 Å². The highest BCUT2D eigenvalue weighted by molar-refractivity contribution is 7.90. The zero-order valence-corrected chi connectivity index (χ0v) is 14.2. The molecule has 3 rings (SSSR count). The summed E-state index contributed by atoms with van der Waals surface area (Å²) in [5, 5.41) is 9.77. The molecule has 0 atom stereocenters. The van der Waals surface area contributed by atoms with E-state index in [1.165, 1.54) is 24.3 Å². The Balaban J connectivity index is 2.13. The van der Waals surface area contributed by atoms with Gasteiger partial charge in [0.15, 0.2) is 9.84 Å². The van der Waals surface area contributed by atoms with E-state index >= 15 is 0 Å². The van der Waals surface area contributed by atoms with Crippen LogP contribution in [0, 0.1) is 0 Å². The molecule has 0 unspecified atom stereocenters. The molecule has 0 fully saturated rings. The van der Waals surface area contributed by atoms with Gasteiger partial charge in [0.05, 0.1) is 15.5 Å². The Bertz CT molecular complexity index is 959. The van der Waals surface area contributed by atoms with Crippen LogP contribution < -0.4 is 0 Å². The van der Waals surface area contributed by atoms with Gasteiger partial charge in [0.2, 0.25) is 0 Å². The molecule has 2 aromatic rings. The van der Waals surface area contributed by atoms with Crippen LogP contribution in [-0.2, 0) is 19.4 Å². The highest BCUT2D eigenvalue weighted by Crippen LogP contribution is 2.37. The molecule has 1 N–H and O–H groups in total. The number of carbonyl (C=O) groups is 1. The molecule has 124 valence electrons. The van der Waals surface area contributed by atoms with E-state index in [-0.39, 0.29) is 17.3 Å². The number of phenolic OH excluding ortho intramolecular Hbond substituents is 1. The predicted molar refractivity (Wildman–Crippen MR) is 90.4 cm³/mol. The minimum atomic E-state index is -3.31. The molecule has 1 aliphatic rings. The first-order chi connectivity index (χ1) is 11.3. The lowest BCUT2D eigenvalue weighted by Crippen LogP contribution is -2.00. The van der Waals surface area contributed by atoms with Gasteiger partial charge in [-0.25, -0.2) is 13.2 Å². The molecule has 7 heteroatoms. The minimum absolute atomic E-state index is 0.0219. The summed E-state index contributed by atoms with van der Waals surface area (Å²) in [6.07, 6.45) is 1.12. The lowest BCUT2D eigenvalue weighted by atomic mass is 9.96. The van der Waals surface area contributed by atoms with Crippen molar-refractivity contribution in [3.05, 3.63) is 58.6 Å². The Morgan fingerprint density at radius 1 is 1.12 bits per heavy atom. The number of hydrogen-bond donors (Lipinski definition) is 1. The molecule has 0 bridgehead atoms. The van der Waals surface area contributed by atoms with Gasteiger partial charge >= 0.3 is 5.97 Å². The second-order valence-corrected chi connectivity index (χ2v) is 7.81. The number of carbonyl (C=O) groups excluding carboxylic acids is 1. The van der Waals surface area contributed by atoms with Crippen molar-refractivity contribution >= 4 is 38.6 Å². The van der Waals surface area contributed by atoms with Crippen LogP contribution >= 0.6 is 11.6 Å². The number of aromatic hydroxyl groups is 1. The molecular weight excluding hydrogens is 352 g/mol. The third-order valence-corrected chi connectivity index (χ3v) is 5.14. The number of halogens is 1. The van der Waals surface area contributed by atoms with Crippen molar-refractivity contribution in [2.24, 2.45) is 0 Å². The zero-order valence-electron chi connectivity index (χ0n) is 12.6. The van der Waals surface area contributed by atoms with Crippen molar-refractivity contribution in [2.45, 2.75) is 4.90 Å². The van der Waals surface area contributed by atoms with Crippen LogP contribution in [0.15, 0.2) is 47.4 Å². The molecule has 24 heavy (non-hydrogen) atoms. The molecule has 0 saturated carbocycles. The first-order valence-corrected chi connectivity index (χ1v) is 9.24. The Labute approximate surface area is 144 Å². The molecule has 0 aromatic heterocycles. The van der Waals surface area contributed by atoms with E-state index in [9.17, 15) is 18.3 Å². The fraction of sp³-hybridized carbons (Fsp3) is 0.118. The SMILES string of the molecule is CS(=O)(=O)c1ccc(C2=C(c3ccc(O)cc3Cl)COC2=O)cc1. The number of hydrogen-bond acceptors (Lipinski definition) is 5. The number of benzene rings is 2. The smallest absolute Gasteiger partial charge is 0.339 e. The van der Waals surface area contributed by atoms with Crippen molar-refractivity contribution in [3.8, 4) is 5.75 Å². The van der Waals surface area contributed by atoms with Crippen molar-refractivity contribution in [1.29, 1.82) is 0 Å². The standard InChI is InChI=1S/C17H13ClO5S/c1-24(21,22)12-5-2-10(3-6-12)16-14(9-23-17(16)20)13-7-4-11(19)8-15(13)18/h2-8,19H,9H2,1H3. The van der Waals surface area contributed by atoms with Gasteiger partial charge in [0.1, 0.15) is 12.4 Å². The maximum absolute atomic E-state index is 12.1. The summed E-state index contributed by atoms with van der Waals surface area (Å²) >= 11 is 6.15. The number of cyclic esters (lactones) is 1. The van der Waals surface area contributed by atoms with Gasteiger partial charge in [-0.1, -0.05) is 23.7 Å². The minimum Gasteiger partial charge on any atom is -0.508 e.